The predicted molar refractivity (Wildman–Crippen MR) is 77.7 cm³/mol. The highest BCUT2D eigenvalue weighted by atomic mass is 16.3. The number of benzene rings is 1. The molecule has 2 heterocycles. The van der Waals surface area contributed by atoms with E-state index in [1.807, 2.05) is 49.4 Å². The number of nitrogens with zero attached hydrogens (tertiary/aromatic N) is 2. The molecule has 3 rings (SSSR count). The Kier molecular flexibility index (Phi) is 3.18. The molecule has 0 saturated carbocycles. The zero-order valence-corrected chi connectivity index (χ0v) is 11.0. The SMILES string of the molecule is Cc1occc1-c1nc(NN)cc(-c2ccccc2)n1. The van der Waals surface area contributed by atoms with Gasteiger partial charge >= 0.3 is 0 Å². The summed E-state index contributed by atoms with van der Waals surface area (Å²) in [6, 6.07) is 13.6. The molecule has 0 aliphatic heterocycles. The van der Waals surface area contributed by atoms with Gasteiger partial charge in [0, 0.05) is 11.6 Å². The highest BCUT2D eigenvalue weighted by molar-refractivity contribution is 5.67. The van der Waals surface area contributed by atoms with Gasteiger partial charge in [-0.25, -0.2) is 15.8 Å². The Morgan fingerprint density at radius 2 is 1.90 bits per heavy atom. The molecule has 0 radical (unpaired) electrons. The Balaban J connectivity index is 2.15. The van der Waals surface area contributed by atoms with Crippen LogP contribution in [0.5, 0.6) is 0 Å². The van der Waals surface area contributed by atoms with Gasteiger partial charge in [0.15, 0.2) is 5.82 Å². The number of aryl methyl sites for hydroxylation is 1. The van der Waals surface area contributed by atoms with Crippen molar-refractivity contribution >= 4 is 5.82 Å². The van der Waals surface area contributed by atoms with Crippen molar-refractivity contribution in [1.82, 2.24) is 9.97 Å². The summed E-state index contributed by atoms with van der Waals surface area (Å²) in [7, 11) is 0. The van der Waals surface area contributed by atoms with Gasteiger partial charge in [-0.2, -0.15) is 0 Å². The maximum atomic E-state index is 5.49. The van der Waals surface area contributed by atoms with E-state index in [0.29, 0.717) is 11.6 Å². The van der Waals surface area contributed by atoms with E-state index in [-0.39, 0.29) is 0 Å². The first-order chi connectivity index (χ1) is 9.78. The summed E-state index contributed by atoms with van der Waals surface area (Å²) in [6.07, 6.45) is 1.62. The minimum Gasteiger partial charge on any atom is -0.469 e. The van der Waals surface area contributed by atoms with E-state index in [2.05, 4.69) is 15.4 Å². The predicted octanol–water partition coefficient (Wildman–Crippen LogP) is 3.00. The first-order valence-electron chi connectivity index (χ1n) is 6.23. The van der Waals surface area contributed by atoms with Gasteiger partial charge in [-0.1, -0.05) is 30.3 Å². The average molecular weight is 266 g/mol. The minimum absolute atomic E-state index is 0.564. The Bertz CT molecular complexity index is 722. The summed E-state index contributed by atoms with van der Waals surface area (Å²) in [6.45, 7) is 1.88. The number of rotatable bonds is 3. The molecule has 0 aliphatic carbocycles. The van der Waals surface area contributed by atoms with Crippen molar-refractivity contribution in [2.75, 3.05) is 5.43 Å². The summed E-state index contributed by atoms with van der Waals surface area (Å²) < 4.78 is 5.31. The van der Waals surface area contributed by atoms with Gasteiger partial charge in [-0.05, 0) is 13.0 Å². The summed E-state index contributed by atoms with van der Waals surface area (Å²) in [5.74, 6) is 7.42. The number of nitrogen functional groups attached to an aromatic ring is 1. The van der Waals surface area contributed by atoms with Crippen molar-refractivity contribution in [3.8, 4) is 22.6 Å². The van der Waals surface area contributed by atoms with Crippen molar-refractivity contribution in [2.45, 2.75) is 6.92 Å². The Morgan fingerprint density at radius 3 is 2.55 bits per heavy atom. The number of anilines is 1. The lowest BCUT2D eigenvalue weighted by Crippen LogP contribution is -2.10. The molecular weight excluding hydrogens is 252 g/mol. The third kappa shape index (κ3) is 2.26. The van der Waals surface area contributed by atoms with Crippen LogP contribution in [0, 0.1) is 6.92 Å². The lowest BCUT2D eigenvalue weighted by atomic mass is 10.1. The largest absolute Gasteiger partial charge is 0.469 e. The number of hydrogen-bond acceptors (Lipinski definition) is 5. The van der Waals surface area contributed by atoms with E-state index in [4.69, 9.17) is 10.3 Å². The van der Waals surface area contributed by atoms with Crippen LogP contribution in [0.3, 0.4) is 0 Å². The van der Waals surface area contributed by atoms with Crippen LogP contribution >= 0.6 is 0 Å². The van der Waals surface area contributed by atoms with Crippen LogP contribution < -0.4 is 11.3 Å². The van der Waals surface area contributed by atoms with E-state index < -0.39 is 0 Å². The molecule has 100 valence electrons. The van der Waals surface area contributed by atoms with Crippen LogP contribution in [0.4, 0.5) is 5.82 Å². The van der Waals surface area contributed by atoms with Gasteiger partial charge in [-0.3, -0.25) is 0 Å². The zero-order chi connectivity index (χ0) is 13.9. The van der Waals surface area contributed by atoms with Crippen LogP contribution in [-0.2, 0) is 0 Å². The van der Waals surface area contributed by atoms with Crippen LogP contribution in [-0.4, -0.2) is 9.97 Å². The fourth-order valence-corrected chi connectivity index (χ4v) is 2.02. The van der Waals surface area contributed by atoms with E-state index in [1.165, 1.54) is 0 Å². The number of nitrogens with two attached hydrogens (primary N) is 1. The topological polar surface area (TPSA) is 77.0 Å². The first-order valence-corrected chi connectivity index (χ1v) is 6.23. The van der Waals surface area contributed by atoms with Crippen molar-refractivity contribution < 1.29 is 4.42 Å². The fraction of sp³-hybridized carbons (Fsp3) is 0.0667. The molecule has 0 aliphatic rings. The number of aromatic nitrogens is 2. The van der Waals surface area contributed by atoms with Crippen LogP contribution in [0.1, 0.15) is 5.76 Å². The second-order valence-corrected chi connectivity index (χ2v) is 4.36. The van der Waals surface area contributed by atoms with Crippen molar-refractivity contribution in [2.24, 2.45) is 5.84 Å². The quantitative estimate of drug-likeness (QED) is 0.563. The van der Waals surface area contributed by atoms with E-state index in [1.54, 1.807) is 6.26 Å². The zero-order valence-electron chi connectivity index (χ0n) is 11.0. The molecule has 0 amide bonds. The summed E-state index contributed by atoms with van der Waals surface area (Å²) in [5, 5.41) is 0. The third-order valence-electron chi connectivity index (χ3n) is 3.04. The molecule has 3 aromatic rings. The Labute approximate surface area is 116 Å². The fourth-order valence-electron chi connectivity index (χ4n) is 2.02. The van der Waals surface area contributed by atoms with Crippen molar-refractivity contribution in [1.29, 1.82) is 0 Å². The molecule has 1 aromatic carbocycles. The number of nitrogens with one attached hydrogen (secondary N) is 1. The van der Waals surface area contributed by atoms with Gasteiger partial charge in [0.1, 0.15) is 11.6 Å². The number of hydrogen-bond donors (Lipinski definition) is 2. The Hall–Kier alpha value is -2.66. The molecule has 0 saturated heterocycles. The molecule has 3 N–H and O–H groups in total. The summed E-state index contributed by atoms with van der Waals surface area (Å²) in [5.41, 5.74) is 5.26. The van der Waals surface area contributed by atoms with Gasteiger partial charge in [0.2, 0.25) is 0 Å². The molecule has 0 fully saturated rings. The second-order valence-electron chi connectivity index (χ2n) is 4.36. The first kappa shape index (κ1) is 12.4. The smallest absolute Gasteiger partial charge is 0.165 e. The third-order valence-corrected chi connectivity index (χ3v) is 3.04. The van der Waals surface area contributed by atoms with Crippen molar-refractivity contribution in [3.05, 3.63) is 54.5 Å². The second kappa shape index (κ2) is 5.14. The van der Waals surface area contributed by atoms with Gasteiger partial charge in [0.25, 0.3) is 0 Å². The normalized spacial score (nSPS) is 10.5. The molecule has 2 aromatic heterocycles. The van der Waals surface area contributed by atoms with E-state index in [9.17, 15) is 0 Å². The summed E-state index contributed by atoms with van der Waals surface area (Å²) >= 11 is 0. The molecule has 0 unspecified atom stereocenters. The maximum Gasteiger partial charge on any atom is 0.165 e. The molecule has 5 nitrogen and oxygen atoms in total. The van der Waals surface area contributed by atoms with Gasteiger partial charge < -0.3 is 9.84 Å². The minimum atomic E-state index is 0.564. The van der Waals surface area contributed by atoms with Gasteiger partial charge in [-0.15, -0.1) is 0 Å². The average Bonchev–Trinajstić information content (AvgIpc) is 2.94. The molecule has 5 heteroatoms. The van der Waals surface area contributed by atoms with Crippen molar-refractivity contribution in [3.63, 3.8) is 0 Å². The standard InChI is InChI=1S/C15H14N4O/c1-10-12(7-8-20-10)15-17-13(9-14(18-15)19-16)11-5-3-2-4-6-11/h2-9H,16H2,1H3,(H,17,18,19). The summed E-state index contributed by atoms with van der Waals surface area (Å²) in [4.78, 5) is 8.96. The Morgan fingerprint density at radius 1 is 1.10 bits per heavy atom. The van der Waals surface area contributed by atoms with Crippen LogP contribution in [0.15, 0.2) is 53.1 Å². The molecule has 0 spiro atoms. The number of furan rings is 1. The lowest BCUT2D eigenvalue weighted by Gasteiger charge is -2.07. The molecule has 20 heavy (non-hydrogen) atoms. The maximum absolute atomic E-state index is 5.49. The monoisotopic (exact) mass is 266 g/mol. The van der Waals surface area contributed by atoms with Gasteiger partial charge in [0.05, 0.1) is 17.5 Å². The lowest BCUT2D eigenvalue weighted by molar-refractivity contribution is 0.535. The molecular formula is C15H14N4O. The highest BCUT2D eigenvalue weighted by Crippen LogP contribution is 2.26. The van der Waals surface area contributed by atoms with Crippen LogP contribution in [0.2, 0.25) is 0 Å². The number of hydrazine groups is 1. The van der Waals surface area contributed by atoms with Crippen LogP contribution in [0.25, 0.3) is 22.6 Å². The highest BCUT2D eigenvalue weighted by Gasteiger charge is 2.11. The molecule has 0 atom stereocenters. The van der Waals surface area contributed by atoms with E-state index >= 15 is 0 Å². The molecule has 0 bridgehead atoms. The van der Waals surface area contributed by atoms with E-state index in [0.717, 1.165) is 22.6 Å².